The van der Waals surface area contributed by atoms with E-state index in [0.717, 1.165) is 6.08 Å². The summed E-state index contributed by atoms with van der Waals surface area (Å²) in [6.07, 6.45) is 2.11. The number of nitrogens with zero attached hydrogens (tertiary/aromatic N) is 1. The molecule has 9 heteroatoms. The maximum absolute atomic E-state index is 12.1. The van der Waals surface area contributed by atoms with Crippen LogP contribution in [0, 0.1) is 10.1 Å². The minimum atomic E-state index is -4.01. The van der Waals surface area contributed by atoms with Crippen LogP contribution in [0.3, 0.4) is 0 Å². The van der Waals surface area contributed by atoms with Gasteiger partial charge in [-0.1, -0.05) is 28.1 Å². The highest BCUT2D eigenvalue weighted by Gasteiger charge is 2.16. The number of carbonyl (C=O) groups is 1. The number of nitrogens with one attached hydrogen (secondary N) is 1. The Balaban J connectivity index is 2.16. The smallest absolute Gasteiger partial charge is 0.269 e. The Bertz CT molecular complexity index is 908. The monoisotopic (exact) mass is 410 g/mol. The molecule has 0 aliphatic heterocycles. The summed E-state index contributed by atoms with van der Waals surface area (Å²) in [6, 6.07) is 11.5. The summed E-state index contributed by atoms with van der Waals surface area (Å²) in [5.41, 5.74) is 0.0102. The van der Waals surface area contributed by atoms with Crippen molar-refractivity contribution in [2.75, 3.05) is 0 Å². The maximum Gasteiger partial charge on any atom is 0.276 e. The van der Waals surface area contributed by atoms with E-state index in [2.05, 4.69) is 15.9 Å². The molecule has 1 N–H and O–H groups in total. The molecule has 0 unspecified atom stereocenters. The van der Waals surface area contributed by atoms with Crippen LogP contribution in [0.5, 0.6) is 0 Å². The van der Waals surface area contributed by atoms with Crippen LogP contribution in [0.4, 0.5) is 5.69 Å². The summed E-state index contributed by atoms with van der Waals surface area (Å²) in [7, 11) is -4.01. The van der Waals surface area contributed by atoms with Crippen LogP contribution in [-0.2, 0) is 14.8 Å². The van der Waals surface area contributed by atoms with Crippen molar-refractivity contribution in [3.63, 3.8) is 0 Å². The number of rotatable bonds is 5. The van der Waals surface area contributed by atoms with Crippen molar-refractivity contribution in [3.05, 3.63) is 74.8 Å². The van der Waals surface area contributed by atoms with Crippen LogP contribution in [0.25, 0.3) is 6.08 Å². The Hall–Kier alpha value is -2.52. The topological polar surface area (TPSA) is 106 Å². The minimum Gasteiger partial charge on any atom is -0.269 e. The highest BCUT2D eigenvalue weighted by atomic mass is 79.9. The fraction of sp³-hybridized carbons (Fsp3) is 0. The number of carbonyl (C=O) groups excluding carboxylic acids is 1. The number of sulfonamides is 1. The van der Waals surface area contributed by atoms with Gasteiger partial charge in [0.25, 0.3) is 21.6 Å². The van der Waals surface area contributed by atoms with Gasteiger partial charge in [0.05, 0.1) is 15.4 Å². The van der Waals surface area contributed by atoms with Crippen molar-refractivity contribution in [1.29, 1.82) is 0 Å². The average Bonchev–Trinajstić information content (AvgIpc) is 2.53. The van der Waals surface area contributed by atoms with Crippen LogP contribution in [0.2, 0.25) is 0 Å². The molecule has 0 aliphatic rings. The predicted molar refractivity (Wildman–Crippen MR) is 91.6 cm³/mol. The normalized spacial score (nSPS) is 11.4. The summed E-state index contributed by atoms with van der Waals surface area (Å²) >= 11 is 3.18. The van der Waals surface area contributed by atoms with Gasteiger partial charge >= 0.3 is 0 Å². The van der Waals surface area contributed by atoms with Gasteiger partial charge in [0.2, 0.25) is 0 Å². The number of nitro groups is 1. The van der Waals surface area contributed by atoms with Crippen molar-refractivity contribution >= 4 is 43.6 Å². The van der Waals surface area contributed by atoms with Gasteiger partial charge in [-0.2, -0.15) is 0 Å². The first-order valence-electron chi connectivity index (χ1n) is 6.53. The second kappa shape index (κ2) is 7.37. The number of hydrogen-bond acceptors (Lipinski definition) is 5. The molecule has 2 rings (SSSR count). The number of nitro benzene ring substituents is 1. The Morgan fingerprint density at radius 1 is 1.12 bits per heavy atom. The van der Waals surface area contributed by atoms with Gasteiger partial charge in [0, 0.05) is 16.6 Å². The minimum absolute atomic E-state index is 0.0712. The van der Waals surface area contributed by atoms with E-state index in [1.165, 1.54) is 48.5 Å². The largest absolute Gasteiger partial charge is 0.276 e. The molecule has 0 bridgehead atoms. The average molecular weight is 411 g/mol. The third-order valence-corrected chi connectivity index (χ3v) is 4.80. The summed E-state index contributed by atoms with van der Waals surface area (Å²) in [4.78, 5) is 22.0. The van der Waals surface area contributed by atoms with E-state index in [1.807, 2.05) is 4.72 Å². The van der Waals surface area contributed by atoms with Crippen molar-refractivity contribution < 1.29 is 18.1 Å². The standard InChI is InChI=1S/C15H11BrN2O5S/c16-12-6-8-13(9-7-12)24(22,23)17-15(19)10-5-11-3-1-2-4-14(11)18(20)21/h1-10H,(H,17,19)/b10-5+. The number of halogens is 1. The van der Waals surface area contributed by atoms with Gasteiger partial charge in [-0.15, -0.1) is 0 Å². The lowest BCUT2D eigenvalue weighted by Gasteiger charge is -2.04. The lowest BCUT2D eigenvalue weighted by atomic mass is 10.1. The highest BCUT2D eigenvalue weighted by Crippen LogP contribution is 2.19. The van der Waals surface area contributed by atoms with Crippen molar-refractivity contribution in [3.8, 4) is 0 Å². The van der Waals surface area contributed by atoms with E-state index >= 15 is 0 Å². The maximum atomic E-state index is 12.1. The molecule has 2 aromatic carbocycles. The summed E-state index contributed by atoms with van der Waals surface area (Å²) in [6.45, 7) is 0. The van der Waals surface area contributed by atoms with Gasteiger partial charge < -0.3 is 0 Å². The summed E-state index contributed by atoms with van der Waals surface area (Å²) in [5, 5.41) is 10.9. The fourth-order valence-electron chi connectivity index (χ4n) is 1.80. The van der Waals surface area contributed by atoms with E-state index in [-0.39, 0.29) is 16.1 Å². The Morgan fingerprint density at radius 2 is 1.75 bits per heavy atom. The van der Waals surface area contributed by atoms with Crippen molar-refractivity contribution in [1.82, 2.24) is 4.72 Å². The van der Waals surface area contributed by atoms with E-state index < -0.39 is 20.9 Å². The zero-order valence-electron chi connectivity index (χ0n) is 12.0. The number of amides is 1. The molecular weight excluding hydrogens is 400 g/mol. The lowest BCUT2D eigenvalue weighted by molar-refractivity contribution is -0.385. The van der Waals surface area contributed by atoms with Gasteiger partial charge in [-0.05, 0) is 36.4 Å². The number of para-hydroxylation sites is 1. The molecule has 0 atom stereocenters. The number of hydrogen-bond donors (Lipinski definition) is 1. The van der Waals surface area contributed by atoms with E-state index in [4.69, 9.17) is 0 Å². The molecule has 24 heavy (non-hydrogen) atoms. The van der Waals surface area contributed by atoms with Crippen LogP contribution < -0.4 is 4.72 Å². The molecular formula is C15H11BrN2O5S. The van der Waals surface area contributed by atoms with Crippen LogP contribution in [-0.4, -0.2) is 19.2 Å². The number of benzene rings is 2. The van der Waals surface area contributed by atoms with Gasteiger partial charge in [0.15, 0.2) is 0 Å². The Kier molecular flexibility index (Phi) is 5.47. The fourth-order valence-corrected chi connectivity index (χ4v) is 3.01. The summed E-state index contributed by atoms with van der Waals surface area (Å²) < 4.78 is 26.7. The second-order valence-corrected chi connectivity index (χ2v) is 7.17. The van der Waals surface area contributed by atoms with Gasteiger partial charge in [0.1, 0.15) is 0 Å². The molecule has 0 aliphatic carbocycles. The Morgan fingerprint density at radius 3 is 2.38 bits per heavy atom. The lowest BCUT2D eigenvalue weighted by Crippen LogP contribution is -2.28. The van der Waals surface area contributed by atoms with Crippen LogP contribution in [0.15, 0.2) is 64.0 Å². The predicted octanol–water partition coefficient (Wildman–Crippen LogP) is 2.88. The van der Waals surface area contributed by atoms with Crippen molar-refractivity contribution in [2.45, 2.75) is 4.90 Å². The molecule has 0 saturated heterocycles. The molecule has 2 aromatic rings. The highest BCUT2D eigenvalue weighted by molar-refractivity contribution is 9.10. The van der Waals surface area contributed by atoms with E-state index in [1.54, 1.807) is 6.07 Å². The first kappa shape index (κ1) is 17.8. The first-order chi connectivity index (χ1) is 11.3. The second-order valence-electron chi connectivity index (χ2n) is 4.57. The molecule has 0 radical (unpaired) electrons. The molecule has 0 saturated carbocycles. The first-order valence-corrected chi connectivity index (χ1v) is 8.81. The van der Waals surface area contributed by atoms with Crippen LogP contribution in [0.1, 0.15) is 5.56 Å². The van der Waals surface area contributed by atoms with E-state index in [9.17, 15) is 23.3 Å². The third kappa shape index (κ3) is 4.49. The molecule has 0 aromatic heterocycles. The molecule has 1 amide bonds. The van der Waals surface area contributed by atoms with Crippen LogP contribution >= 0.6 is 15.9 Å². The third-order valence-electron chi connectivity index (χ3n) is 2.91. The van der Waals surface area contributed by atoms with Crippen molar-refractivity contribution in [2.24, 2.45) is 0 Å². The SMILES string of the molecule is O=C(/C=C/c1ccccc1[N+](=O)[O-])NS(=O)(=O)c1ccc(Br)cc1. The molecule has 124 valence electrons. The van der Waals surface area contributed by atoms with Gasteiger partial charge in [-0.3, -0.25) is 14.9 Å². The van der Waals surface area contributed by atoms with E-state index in [0.29, 0.717) is 4.47 Å². The molecule has 7 nitrogen and oxygen atoms in total. The zero-order valence-corrected chi connectivity index (χ0v) is 14.5. The molecule has 0 spiro atoms. The molecule has 0 heterocycles. The van der Waals surface area contributed by atoms with Gasteiger partial charge in [-0.25, -0.2) is 13.1 Å². The Labute approximate surface area is 146 Å². The zero-order chi connectivity index (χ0) is 17.7. The quantitative estimate of drug-likeness (QED) is 0.463. The molecule has 0 fully saturated rings. The summed E-state index contributed by atoms with van der Waals surface area (Å²) in [5.74, 6) is -0.906.